The number of hydrogen-bond donors (Lipinski definition) is 0. The van der Waals surface area contributed by atoms with Crippen LogP contribution in [0.3, 0.4) is 0 Å². The van der Waals surface area contributed by atoms with Gasteiger partial charge in [0.1, 0.15) is 0 Å². The van der Waals surface area contributed by atoms with Crippen LogP contribution in [0.1, 0.15) is 331 Å². The molecule has 66 heavy (non-hydrogen) atoms. The van der Waals surface area contributed by atoms with E-state index < -0.39 is 0 Å². The Morgan fingerprint density at radius 1 is 0.424 bits per heavy atom. The van der Waals surface area contributed by atoms with Crippen molar-refractivity contribution in [2.45, 2.75) is 337 Å². The van der Waals surface area contributed by atoms with Crippen molar-refractivity contribution in [1.29, 1.82) is 0 Å². The van der Waals surface area contributed by atoms with E-state index in [2.05, 4.69) is 55.5 Å². The smallest absolute Gasteiger partial charge is 0.0891 e. The van der Waals surface area contributed by atoms with E-state index >= 15 is 0 Å². The summed E-state index contributed by atoms with van der Waals surface area (Å²) in [7, 11) is 2.78. The quantitative estimate of drug-likeness (QED) is 0.0326. The number of halogens is 1. The third-order valence-electron chi connectivity index (χ3n) is 20.8. The van der Waals surface area contributed by atoms with Crippen molar-refractivity contribution in [2.75, 3.05) is 20.1 Å². The molecule has 4 fully saturated rings. The number of hydrogen-bond acceptors (Lipinski definition) is 0. The fraction of sp³-hybridized carbons (Fsp3) is 1.00. The minimum atomic E-state index is 0. The Morgan fingerprint density at radius 3 is 1.24 bits per heavy atom. The van der Waals surface area contributed by atoms with Crippen molar-refractivity contribution < 1.29 is 28.5 Å². The molecule has 4 rings (SSSR count). The lowest BCUT2D eigenvalue weighted by molar-refractivity contribution is -0.936. The molecule has 4 aliphatic rings. The predicted octanol–water partition coefficient (Wildman–Crippen LogP) is 18.4. The van der Waals surface area contributed by atoms with Gasteiger partial charge in [-0.15, -0.1) is 0 Å². The van der Waals surface area contributed by atoms with E-state index in [0.717, 1.165) is 47.5 Å². The molecule has 0 aromatic heterocycles. The number of quaternary nitrogens is 1. The lowest BCUT2D eigenvalue weighted by atomic mass is 9.44. The molecule has 0 aromatic rings. The van der Waals surface area contributed by atoms with E-state index in [1.807, 2.05) is 0 Å². The topological polar surface area (TPSA) is 0 Å². The summed E-state index contributed by atoms with van der Waals surface area (Å²) in [6, 6.07) is 0.925. The van der Waals surface area contributed by atoms with Crippen molar-refractivity contribution in [3.63, 3.8) is 0 Å². The Kier molecular flexibility index (Phi) is 32.3. The van der Waals surface area contributed by atoms with Crippen LogP contribution in [0.4, 0.5) is 0 Å². The van der Waals surface area contributed by atoms with Crippen LogP contribution >= 0.6 is 0 Å². The molecule has 392 valence electrons. The highest BCUT2D eigenvalue weighted by Gasteiger charge is 2.61. The highest BCUT2D eigenvalue weighted by atomic mass is 127. The Morgan fingerprint density at radius 2 is 0.818 bits per heavy atom. The van der Waals surface area contributed by atoms with Crippen LogP contribution in [-0.4, -0.2) is 30.7 Å². The monoisotopic (exact) mass is 1030 g/mol. The van der Waals surface area contributed by atoms with E-state index in [0.29, 0.717) is 10.8 Å². The molecule has 4 saturated carbocycles. The summed E-state index contributed by atoms with van der Waals surface area (Å²) >= 11 is 0. The molecule has 0 spiro atoms. The number of nitrogens with zero attached hydrogens (tertiary/aromatic N) is 1. The fourth-order valence-corrected chi connectivity index (χ4v) is 16.3. The van der Waals surface area contributed by atoms with Gasteiger partial charge >= 0.3 is 0 Å². The molecule has 9 atom stereocenters. The molecule has 0 N–H and O–H groups in total. The number of fused-ring (bicyclic) bond motifs is 5. The van der Waals surface area contributed by atoms with Gasteiger partial charge in [-0.2, -0.15) is 0 Å². The molecule has 0 amide bonds. The van der Waals surface area contributed by atoms with Crippen molar-refractivity contribution in [1.82, 2.24) is 0 Å². The maximum Gasteiger partial charge on any atom is 0.0891 e. The van der Waals surface area contributed by atoms with Crippen LogP contribution in [0.25, 0.3) is 0 Å². The maximum atomic E-state index is 2.86. The first-order valence-corrected chi connectivity index (χ1v) is 31.4. The standard InChI is InChI=1S/C64H124N.HI/c1-9-11-13-15-17-19-21-23-25-27-29-31-33-35-37-39-52-65(8,53-40-38-36-34-32-30-28-26-24-22-20-18-16-14-12-10-2)58-48-50-63(6)57(54-58)44-45-59-61-47-46-60(56(5)43-41-42-55(3)4)64(61,7)51-49-62(59)63;/h55-62H,9-54H2,1-8H3;1H/q+1;/p-1/t56-,57?,58+,59?,60-,61?,62?,63+,64-;/m1./s1. The Bertz CT molecular complexity index is 1110. The molecule has 0 aromatic carbocycles. The van der Waals surface area contributed by atoms with Crippen molar-refractivity contribution in [2.24, 2.45) is 52.3 Å². The van der Waals surface area contributed by atoms with Gasteiger partial charge in [0.15, 0.2) is 0 Å². The lowest BCUT2D eigenvalue weighted by Gasteiger charge is -2.62. The first-order chi connectivity index (χ1) is 31.6. The van der Waals surface area contributed by atoms with Crippen LogP contribution in [0.2, 0.25) is 0 Å². The summed E-state index contributed by atoms with van der Waals surface area (Å²) in [6.45, 7) is 20.8. The number of rotatable bonds is 40. The van der Waals surface area contributed by atoms with Crippen molar-refractivity contribution >= 4 is 0 Å². The first-order valence-electron chi connectivity index (χ1n) is 31.4. The van der Waals surface area contributed by atoms with Gasteiger partial charge in [-0.3, -0.25) is 0 Å². The molecule has 4 aliphatic carbocycles. The third-order valence-corrected chi connectivity index (χ3v) is 20.8. The SMILES string of the molecule is CCCCCCCCCCCCCCCCCC[N+](C)(CCCCCCCCCCCCCCCCCC)[C@H]1CC[C@@]2(C)C(CCC3C2CC[C@@]2(C)C3CC[C@@H]2[C@H](C)CCCC(C)C)C1.[I-]. The molecule has 2 heteroatoms. The van der Waals surface area contributed by atoms with E-state index in [9.17, 15) is 0 Å². The first kappa shape index (κ1) is 61.0. The fourth-order valence-electron chi connectivity index (χ4n) is 16.3. The zero-order chi connectivity index (χ0) is 46.6. The Labute approximate surface area is 435 Å². The molecular weight excluding hydrogens is 910 g/mol. The highest BCUT2D eigenvalue weighted by Crippen LogP contribution is 2.68. The Hall–Kier alpha value is 0.690. The third kappa shape index (κ3) is 20.7. The van der Waals surface area contributed by atoms with E-state index in [4.69, 9.17) is 0 Å². The maximum absolute atomic E-state index is 2.86. The minimum absolute atomic E-state index is 0. The summed E-state index contributed by atoms with van der Waals surface area (Å²) in [5, 5.41) is 0. The average molecular weight is 1030 g/mol. The van der Waals surface area contributed by atoms with Crippen LogP contribution in [-0.2, 0) is 0 Å². The van der Waals surface area contributed by atoms with Gasteiger partial charge in [0.2, 0.25) is 0 Å². The minimum Gasteiger partial charge on any atom is -1.00 e. The van der Waals surface area contributed by atoms with Gasteiger partial charge in [-0.25, -0.2) is 0 Å². The normalized spacial score (nSPS) is 28.0. The largest absolute Gasteiger partial charge is 1.00 e. The molecular formula is C64H124IN. The molecule has 0 bridgehead atoms. The van der Waals surface area contributed by atoms with Crippen LogP contribution < -0.4 is 24.0 Å². The molecule has 0 heterocycles. The zero-order valence-electron chi connectivity index (χ0n) is 47.0. The van der Waals surface area contributed by atoms with E-state index in [-0.39, 0.29) is 24.0 Å². The number of unbranched alkanes of at least 4 members (excludes halogenated alkanes) is 30. The summed E-state index contributed by atoms with van der Waals surface area (Å²) < 4.78 is 1.43. The predicted molar refractivity (Wildman–Crippen MR) is 292 cm³/mol. The average Bonchev–Trinajstić information content (AvgIpc) is 3.65. The van der Waals surface area contributed by atoms with E-state index in [1.54, 1.807) is 51.4 Å². The van der Waals surface area contributed by atoms with Gasteiger partial charge in [-0.05, 0) is 129 Å². The van der Waals surface area contributed by atoms with Crippen LogP contribution in [0.5, 0.6) is 0 Å². The second-order valence-electron chi connectivity index (χ2n) is 26.1. The molecule has 0 saturated heterocycles. The van der Waals surface area contributed by atoms with E-state index in [1.165, 1.54) is 249 Å². The Balaban J connectivity index is 0.0000116. The lowest BCUT2D eigenvalue weighted by Crippen LogP contribution is -3.00. The van der Waals surface area contributed by atoms with Gasteiger partial charge in [0.05, 0.1) is 26.2 Å². The molecule has 0 radical (unpaired) electrons. The summed E-state index contributed by atoms with van der Waals surface area (Å²) in [4.78, 5) is 0. The molecule has 1 nitrogen and oxygen atoms in total. The van der Waals surface area contributed by atoms with Crippen molar-refractivity contribution in [3.05, 3.63) is 0 Å². The van der Waals surface area contributed by atoms with Crippen LogP contribution in [0, 0.1) is 52.3 Å². The second kappa shape index (κ2) is 34.9. The summed E-state index contributed by atoms with van der Waals surface area (Å²) in [6.07, 6.45) is 65.6. The second-order valence-corrected chi connectivity index (χ2v) is 26.1. The highest BCUT2D eigenvalue weighted by molar-refractivity contribution is 5.10. The van der Waals surface area contributed by atoms with Gasteiger partial charge < -0.3 is 28.5 Å². The van der Waals surface area contributed by atoms with Gasteiger partial charge in [0, 0.05) is 6.42 Å². The summed E-state index contributed by atoms with van der Waals surface area (Å²) in [5.74, 6) is 6.87. The summed E-state index contributed by atoms with van der Waals surface area (Å²) in [5.41, 5.74) is 1.25. The van der Waals surface area contributed by atoms with Gasteiger partial charge in [-0.1, -0.05) is 248 Å². The zero-order valence-corrected chi connectivity index (χ0v) is 49.1. The van der Waals surface area contributed by atoms with Crippen molar-refractivity contribution in [3.8, 4) is 0 Å². The molecule has 4 unspecified atom stereocenters. The molecule has 0 aliphatic heterocycles. The van der Waals surface area contributed by atoms with Gasteiger partial charge in [0.25, 0.3) is 0 Å². The van der Waals surface area contributed by atoms with Crippen LogP contribution in [0.15, 0.2) is 0 Å².